The van der Waals surface area contributed by atoms with Gasteiger partial charge in [0.25, 0.3) is 6.01 Å². The van der Waals surface area contributed by atoms with Gasteiger partial charge in [-0.1, -0.05) is 56.3 Å². The van der Waals surface area contributed by atoms with Gasteiger partial charge in [0.1, 0.15) is 18.2 Å². The highest BCUT2D eigenvalue weighted by atomic mass is 16.5. The normalized spacial score (nSPS) is 15.1. The molecule has 0 N–H and O–H groups in total. The molecular weight excluding hydrogens is 456 g/mol. The first-order valence-corrected chi connectivity index (χ1v) is 12.1. The molecule has 0 radical (unpaired) electrons. The van der Waals surface area contributed by atoms with Crippen molar-refractivity contribution in [2.45, 2.75) is 45.4 Å². The molecule has 2 heterocycles. The minimum Gasteiger partial charge on any atom is -0.493 e. The van der Waals surface area contributed by atoms with Crippen molar-refractivity contribution in [1.82, 2.24) is 4.98 Å². The van der Waals surface area contributed by atoms with E-state index in [0.717, 1.165) is 22.2 Å². The Hall–Kier alpha value is -4.00. The first kappa shape index (κ1) is 23.7. The number of nitrogens with zero attached hydrogens (tertiary/aromatic N) is 2. The zero-order chi connectivity index (χ0) is 25.2. The van der Waals surface area contributed by atoms with Crippen molar-refractivity contribution >= 4 is 23.1 Å². The Morgan fingerprint density at radius 2 is 1.92 bits per heavy atom. The number of aromatic nitrogens is 1. The van der Waals surface area contributed by atoms with E-state index in [1.807, 2.05) is 59.5 Å². The fraction of sp³-hybridized carbons (Fsp3) is 0.310. The lowest BCUT2D eigenvalue weighted by atomic mass is 9.92. The molecule has 0 saturated heterocycles. The Balaban J connectivity index is 1.52. The minimum absolute atomic E-state index is 0.359. The third-order valence-electron chi connectivity index (χ3n) is 6.67. The second-order valence-corrected chi connectivity index (χ2v) is 9.26. The summed E-state index contributed by atoms with van der Waals surface area (Å²) in [6, 6.07) is 19.7. The second-order valence-electron chi connectivity index (χ2n) is 9.26. The molecule has 186 valence electrons. The van der Waals surface area contributed by atoms with Crippen molar-refractivity contribution in [2.75, 3.05) is 19.1 Å². The van der Waals surface area contributed by atoms with Crippen LogP contribution in [0.5, 0.6) is 11.5 Å². The summed E-state index contributed by atoms with van der Waals surface area (Å²) in [5, 5.41) is 0. The number of fused-ring (bicyclic) bond motifs is 2. The predicted octanol–water partition coefficient (Wildman–Crippen LogP) is 5.64. The number of oxazole rings is 1. The highest BCUT2D eigenvalue weighted by Gasteiger charge is 2.37. The number of carbonyl (C=O) groups is 1. The van der Waals surface area contributed by atoms with Crippen molar-refractivity contribution in [3.8, 4) is 11.5 Å². The molecule has 36 heavy (non-hydrogen) atoms. The number of hydrogen-bond acceptors (Lipinski definition) is 7. The van der Waals surface area contributed by atoms with Crippen molar-refractivity contribution in [1.29, 1.82) is 0 Å². The van der Waals surface area contributed by atoms with Gasteiger partial charge in [-0.3, -0.25) is 0 Å². The third kappa shape index (κ3) is 4.49. The first-order valence-electron chi connectivity index (χ1n) is 12.1. The molecule has 1 aliphatic heterocycles. The summed E-state index contributed by atoms with van der Waals surface area (Å²) in [5.74, 6) is 1.29. The third-order valence-corrected chi connectivity index (χ3v) is 6.67. The maximum Gasteiger partial charge on any atom is 0.329 e. The number of rotatable bonds is 7. The lowest BCUT2D eigenvalue weighted by Gasteiger charge is -2.35. The van der Waals surface area contributed by atoms with Crippen molar-refractivity contribution in [3.05, 3.63) is 82.9 Å². The van der Waals surface area contributed by atoms with E-state index in [2.05, 4.69) is 19.9 Å². The molecule has 7 heteroatoms. The van der Waals surface area contributed by atoms with Crippen molar-refractivity contribution < 1.29 is 23.4 Å². The maximum atomic E-state index is 13.0. The van der Waals surface area contributed by atoms with Crippen LogP contribution in [-0.2, 0) is 29.1 Å². The Morgan fingerprint density at radius 1 is 1.11 bits per heavy atom. The molecule has 0 bridgehead atoms. The average Bonchev–Trinajstić information content (AvgIpc) is 3.34. The molecule has 0 spiro atoms. The van der Waals surface area contributed by atoms with Gasteiger partial charge in [-0.05, 0) is 40.8 Å². The molecule has 5 rings (SSSR count). The number of anilines is 1. The van der Waals surface area contributed by atoms with Crippen LogP contribution in [0.2, 0.25) is 0 Å². The highest BCUT2D eigenvalue weighted by molar-refractivity contribution is 5.82. The van der Waals surface area contributed by atoms with Crippen LogP contribution in [0, 0.1) is 0 Å². The molecule has 1 atom stereocenters. The van der Waals surface area contributed by atoms with E-state index < -0.39 is 6.04 Å². The van der Waals surface area contributed by atoms with E-state index in [1.54, 1.807) is 7.11 Å². The molecule has 0 amide bonds. The van der Waals surface area contributed by atoms with Gasteiger partial charge in [0.2, 0.25) is 0 Å². The van der Waals surface area contributed by atoms with Gasteiger partial charge in [-0.25, -0.2) is 4.79 Å². The van der Waals surface area contributed by atoms with Crippen LogP contribution < -0.4 is 14.4 Å². The van der Waals surface area contributed by atoms with Gasteiger partial charge in [0.05, 0.1) is 14.2 Å². The Bertz CT molecular complexity index is 1380. The fourth-order valence-electron chi connectivity index (χ4n) is 4.62. The van der Waals surface area contributed by atoms with Crippen LogP contribution in [0.15, 0.2) is 65.1 Å². The molecule has 0 fully saturated rings. The average molecular weight is 487 g/mol. The zero-order valence-corrected chi connectivity index (χ0v) is 21.0. The van der Waals surface area contributed by atoms with E-state index in [1.165, 1.54) is 12.7 Å². The lowest BCUT2D eigenvalue weighted by Crippen LogP contribution is -2.46. The van der Waals surface area contributed by atoms with E-state index >= 15 is 0 Å². The maximum absolute atomic E-state index is 13.0. The molecule has 0 saturated carbocycles. The number of methoxy groups -OCH3 is 2. The summed E-state index contributed by atoms with van der Waals surface area (Å²) in [6.45, 7) is 5.09. The number of ether oxygens (including phenoxy) is 3. The topological polar surface area (TPSA) is 74.0 Å². The monoisotopic (exact) mass is 486 g/mol. The quantitative estimate of drug-likeness (QED) is 0.313. The van der Waals surface area contributed by atoms with Crippen LogP contribution in [0.1, 0.15) is 42.0 Å². The molecule has 3 aromatic carbocycles. The Labute approximate surface area is 210 Å². The van der Waals surface area contributed by atoms with E-state index in [4.69, 9.17) is 23.6 Å². The summed E-state index contributed by atoms with van der Waals surface area (Å²) in [6.07, 6.45) is 0.374. The van der Waals surface area contributed by atoms with E-state index in [9.17, 15) is 4.79 Å². The minimum atomic E-state index is -0.619. The summed E-state index contributed by atoms with van der Waals surface area (Å²) >= 11 is 0. The van der Waals surface area contributed by atoms with Crippen LogP contribution in [-0.4, -0.2) is 31.2 Å². The lowest BCUT2D eigenvalue weighted by molar-refractivity contribution is -0.142. The van der Waals surface area contributed by atoms with Crippen molar-refractivity contribution in [3.63, 3.8) is 0 Å². The molecular formula is C29H30N2O5. The summed E-state index contributed by atoms with van der Waals surface area (Å²) in [7, 11) is 3.02. The number of benzene rings is 3. The second kappa shape index (κ2) is 9.93. The Kier molecular flexibility index (Phi) is 6.55. The smallest absolute Gasteiger partial charge is 0.329 e. The molecule has 7 nitrogen and oxygen atoms in total. The number of hydrogen-bond donors (Lipinski definition) is 0. The predicted molar refractivity (Wildman–Crippen MR) is 138 cm³/mol. The summed E-state index contributed by atoms with van der Waals surface area (Å²) in [5.41, 5.74) is 5.62. The van der Waals surface area contributed by atoms with Gasteiger partial charge in [0, 0.05) is 18.5 Å². The number of carbonyl (C=O) groups excluding carboxylic acids is 1. The van der Waals surface area contributed by atoms with E-state index in [0.29, 0.717) is 48.6 Å². The molecule has 1 aromatic heterocycles. The van der Waals surface area contributed by atoms with Gasteiger partial charge in [0.15, 0.2) is 17.1 Å². The summed E-state index contributed by atoms with van der Waals surface area (Å²) in [4.78, 5) is 19.5. The molecule has 1 unspecified atom stereocenters. The first-order chi connectivity index (χ1) is 17.5. The zero-order valence-electron chi connectivity index (χ0n) is 21.0. The van der Waals surface area contributed by atoms with Crippen molar-refractivity contribution in [2.24, 2.45) is 0 Å². The van der Waals surface area contributed by atoms with Crippen LogP contribution in [0.3, 0.4) is 0 Å². The standard InChI is InChI=1S/C29H30N2O5/c1-18(2)20-10-12-23-26(14-20)36-29(30-23)31-16-21-11-13-25(33-3)27(22(21)15-24(31)28(32)34-4)35-17-19-8-6-5-7-9-19/h5-14,18,24H,15-17H2,1-4H3. The Morgan fingerprint density at radius 3 is 2.64 bits per heavy atom. The SMILES string of the molecule is COC(=O)C1Cc2c(ccc(OC)c2OCc2ccccc2)CN1c1nc2ccc(C(C)C)cc2o1. The van der Waals surface area contributed by atoms with Crippen LogP contribution >= 0.6 is 0 Å². The van der Waals surface area contributed by atoms with Gasteiger partial charge in [-0.2, -0.15) is 4.98 Å². The fourth-order valence-corrected chi connectivity index (χ4v) is 4.62. The largest absolute Gasteiger partial charge is 0.493 e. The number of esters is 1. The molecule has 4 aromatic rings. The molecule has 0 aliphatic carbocycles. The molecule has 1 aliphatic rings. The van der Waals surface area contributed by atoms with Gasteiger partial charge >= 0.3 is 5.97 Å². The van der Waals surface area contributed by atoms with Gasteiger partial charge < -0.3 is 23.5 Å². The summed E-state index contributed by atoms with van der Waals surface area (Å²) < 4.78 is 23.2. The van der Waals surface area contributed by atoms with Gasteiger partial charge in [-0.15, -0.1) is 0 Å². The highest BCUT2D eigenvalue weighted by Crippen LogP contribution is 2.40. The van der Waals surface area contributed by atoms with E-state index in [-0.39, 0.29) is 5.97 Å². The van der Waals surface area contributed by atoms with Crippen LogP contribution in [0.4, 0.5) is 6.01 Å². The van der Waals surface area contributed by atoms with Crippen LogP contribution in [0.25, 0.3) is 11.1 Å².